The molecule has 2 aromatic carbocycles. The zero-order valence-corrected chi connectivity index (χ0v) is 20.3. The number of likely N-dealkylation sites (tertiary alicyclic amines) is 1. The predicted molar refractivity (Wildman–Crippen MR) is 129 cm³/mol. The number of methoxy groups -OCH3 is 2. The number of benzene rings is 2. The van der Waals surface area contributed by atoms with Crippen molar-refractivity contribution in [3.05, 3.63) is 53.1 Å². The van der Waals surface area contributed by atoms with Crippen LogP contribution in [-0.2, 0) is 24.2 Å². The van der Waals surface area contributed by atoms with Crippen LogP contribution in [0.2, 0.25) is 0 Å². The fourth-order valence-electron chi connectivity index (χ4n) is 5.19. The lowest BCUT2D eigenvalue weighted by molar-refractivity contribution is -0.135. The molecular weight excluding hydrogens is 416 g/mol. The lowest BCUT2D eigenvalue weighted by Crippen LogP contribution is -2.47. The zero-order chi connectivity index (χ0) is 23.4. The molecule has 1 saturated heterocycles. The molecule has 0 aromatic heterocycles. The molecule has 1 amide bonds. The summed E-state index contributed by atoms with van der Waals surface area (Å²) < 4.78 is 17.1. The molecule has 0 spiro atoms. The zero-order valence-electron chi connectivity index (χ0n) is 20.3. The standard InChI is InChI=1S/C27H36N2O4/c1-28(2)27(30)23-12-20(18-33-24-10-9-21-6-5-7-22(21)14-24)16-29(17-23)15-19-8-11-25(31-3)26(13-19)32-4/h8-11,13-14,20,23H,5-7,12,15-18H2,1-4H3/t20-,23+/m0/s1. The molecule has 1 aliphatic carbocycles. The Hall–Kier alpha value is -2.73. The Morgan fingerprint density at radius 1 is 1.00 bits per heavy atom. The maximum absolute atomic E-state index is 12.8. The normalized spacial score (nSPS) is 20.2. The van der Waals surface area contributed by atoms with Crippen LogP contribution in [0.5, 0.6) is 17.2 Å². The van der Waals surface area contributed by atoms with Gasteiger partial charge in [0.1, 0.15) is 5.75 Å². The van der Waals surface area contributed by atoms with Gasteiger partial charge in [0.2, 0.25) is 5.91 Å². The van der Waals surface area contributed by atoms with Gasteiger partial charge in [0.05, 0.1) is 26.7 Å². The first-order chi connectivity index (χ1) is 16.0. The summed E-state index contributed by atoms with van der Waals surface area (Å²) in [6, 6.07) is 12.5. The summed E-state index contributed by atoms with van der Waals surface area (Å²) in [5.41, 5.74) is 4.02. The lowest BCUT2D eigenvalue weighted by Gasteiger charge is -2.38. The van der Waals surface area contributed by atoms with Crippen LogP contribution < -0.4 is 14.2 Å². The third kappa shape index (κ3) is 5.61. The summed E-state index contributed by atoms with van der Waals surface area (Å²) in [6.07, 6.45) is 4.41. The Kier molecular flexibility index (Phi) is 7.43. The van der Waals surface area contributed by atoms with E-state index in [-0.39, 0.29) is 11.8 Å². The molecule has 1 fully saturated rings. The first-order valence-electron chi connectivity index (χ1n) is 11.9. The minimum Gasteiger partial charge on any atom is -0.493 e. The number of piperidine rings is 1. The number of nitrogens with zero attached hydrogens (tertiary/aromatic N) is 2. The summed E-state index contributed by atoms with van der Waals surface area (Å²) in [5.74, 6) is 2.85. The van der Waals surface area contributed by atoms with Crippen molar-refractivity contribution in [2.24, 2.45) is 11.8 Å². The molecule has 178 valence electrons. The molecule has 2 aliphatic rings. The van der Waals surface area contributed by atoms with Gasteiger partial charge in [-0.2, -0.15) is 0 Å². The summed E-state index contributed by atoms with van der Waals surface area (Å²) in [6.45, 7) is 3.03. The first-order valence-corrected chi connectivity index (χ1v) is 11.9. The van der Waals surface area contributed by atoms with Crippen LogP contribution in [0.25, 0.3) is 0 Å². The van der Waals surface area contributed by atoms with Crippen molar-refractivity contribution >= 4 is 5.91 Å². The Labute approximate surface area is 197 Å². The van der Waals surface area contributed by atoms with Gasteiger partial charge >= 0.3 is 0 Å². The Morgan fingerprint density at radius 2 is 1.79 bits per heavy atom. The van der Waals surface area contributed by atoms with Gasteiger partial charge in [0.25, 0.3) is 0 Å². The number of rotatable bonds is 8. The van der Waals surface area contributed by atoms with Crippen LogP contribution in [0, 0.1) is 11.8 Å². The van der Waals surface area contributed by atoms with Crippen molar-refractivity contribution in [3.63, 3.8) is 0 Å². The summed E-state index contributed by atoms with van der Waals surface area (Å²) in [7, 11) is 6.98. The smallest absolute Gasteiger partial charge is 0.226 e. The van der Waals surface area contributed by atoms with Crippen LogP contribution in [0.3, 0.4) is 0 Å². The van der Waals surface area contributed by atoms with Gasteiger partial charge in [0, 0.05) is 39.6 Å². The van der Waals surface area contributed by atoms with Crippen LogP contribution in [0.4, 0.5) is 0 Å². The average Bonchev–Trinajstić information content (AvgIpc) is 3.30. The molecule has 4 rings (SSSR count). The monoisotopic (exact) mass is 452 g/mol. The van der Waals surface area contributed by atoms with Gasteiger partial charge in [-0.25, -0.2) is 0 Å². The molecule has 0 bridgehead atoms. The largest absolute Gasteiger partial charge is 0.493 e. The van der Waals surface area contributed by atoms with E-state index < -0.39 is 0 Å². The second-order valence-electron chi connectivity index (χ2n) is 9.51. The summed E-state index contributed by atoms with van der Waals surface area (Å²) in [4.78, 5) is 16.9. The van der Waals surface area contributed by atoms with E-state index in [2.05, 4.69) is 29.2 Å². The van der Waals surface area contributed by atoms with Crippen LogP contribution >= 0.6 is 0 Å². The second-order valence-corrected chi connectivity index (χ2v) is 9.51. The van der Waals surface area contributed by atoms with E-state index in [1.165, 1.54) is 24.0 Å². The van der Waals surface area contributed by atoms with Gasteiger partial charge in [-0.3, -0.25) is 9.69 Å². The van der Waals surface area contributed by atoms with Crippen LogP contribution in [0.15, 0.2) is 36.4 Å². The third-order valence-electron chi connectivity index (χ3n) is 6.81. The molecule has 0 N–H and O–H groups in total. The van der Waals surface area contributed by atoms with Gasteiger partial charge in [-0.15, -0.1) is 0 Å². The fraction of sp³-hybridized carbons (Fsp3) is 0.519. The van der Waals surface area contributed by atoms with Crippen LogP contribution in [-0.4, -0.2) is 63.7 Å². The van der Waals surface area contributed by atoms with E-state index in [1.807, 2.05) is 26.2 Å². The van der Waals surface area contributed by atoms with Gasteiger partial charge in [0.15, 0.2) is 11.5 Å². The third-order valence-corrected chi connectivity index (χ3v) is 6.81. The lowest BCUT2D eigenvalue weighted by atomic mass is 9.88. The molecule has 2 aromatic rings. The molecule has 2 atom stereocenters. The summed E-state index contributed by atoms with van der Waals surface area (Å²) in [5, 5.41) is 0. The maximum atomic E-state index is 12.8. The predicted octanol–water partition coefficient (Wildman–Crippen LogP) is 3.80. The number of aryl methyl sites for hydroxylation is 2. The number of carbonyl (C=O) groups excluding carboxylic acids is 1. The fourth-order valence-corrected chi connectivity index (χ4v) is 5.19. The highest BCUT2D eigenvalue weighted by atomic mass is 16.5. The van der Waals surface area contributed by atoms with E-state index in [0.29, 0.717) is 12.5 Å². The topological polar surface area (TPSA) is 51.2 Å². The molecule has 33 heavy (non-hydrogen) atoms. The molecule has 6 nitrogen and oxygen atoms in total. The highest BCUT2D eigenvalue weighted by Gasteiger charge is 2.33. The second kappa shape index (κ2) is 10.5. The van der Waals surface area contributed by atoms with Crippen molar-refractivity contribution in [1.82, 2.24) is 9.80 Å². The molecule has 1 heterocycles. The van der Waals surface area contributed by atoms with Crippen molar-refractivity contribution < 1.29 is 19.0 Å². The molecule has 0 saturated carbocycles. The molecule has 0 unspecified atom stereocenters. The van der Waals surface area contributed by atoms with E-state index >= 15 is 0 Å². The van der Waals surface area contributed by atoms with Gasteiger partial charge in [-0.1, -0.05) is 12.1 Å². The Balaban J connectivity index is 1.45. The average molecular weight is 453 g/mol. The summed E-state index contributed by atoms with van der Waals surface area (Å²) >= 11 is 0. The number of ether oxygens (including phenoxy) is 3. The quantitative estimate of drug-likeness (QED) is 0.610. The van der Waals surface area contributed by atoms with Crippen molar-refractivity contribution in [2.75, 3.05) is 48.0 Å². The number of amides is 1. The minimum atomic E-state index is -0.0254. The molecular formula is C27H36N2O4. The maximum Gasteiger partial charge on any atom is 0.226 e. The highest BCUT2D eigenvalue weighted by Crippen LogP contribution is 2.31. The number of hydrogen-bond donors (Lipinski definition) is 0. The Morgan fingerprint density at radius 3 is 2.55 bits per heavy atom. The highest BCUT2D eigenvalue weighted by molar-refractivity contribution is 5.78. The number of fused-ring (bicyclic) bond motifs is 1. The van der Waals surface area contributed by atoms with Gasteiger partial charge in [-0.05, 0) is 66.6 Å². The number of carbonyl (C=O) groups is 1. The minimum absolute atomic E-state index is 0.0254. The van der Waals surface area contributed by atoms with E-state index in [4.69, 9.17) is 14.2 Å². The van der Waals surface area contributed by atoms with Crippen molar-refractivity contribution in [2.45, 2.75) is 32.2 Å². The van der Waals surface area contributed by atoms with Crippen molar-refractivity contribution in [1.29, 1.82) is 0 Å². The molecule has 6 heteroatoms. The van der Waals surface area contributed by atoms with E-state index in [0.717, 1.165) is 55.3 Å². The first kappa shape index (κ1) is 23.4. The van der Waals surface area contributed by atoms with E-state index in [9.17, 15) is 4.79 Å². The van der Waals surface area contributed by atoms with Crippen molar-refractivity contribution in [3.8, 4) is 17.2 Å². The Bertz CT molecular complexity index is 975. The molecule has 0 radical (unpaired) electrons. The van der Waals surface area contributed by atoms with Crippen LogP contribution in [0.1, 0.15) is 29.5 Å². The molecule has 1 aliphatic heterocycles. The van der Waals surface area contributed by atoms with E-state index in [1.54, 1.807) is 19.1 Å². The number of hydrogen-bond acceptors (Lipinski definition) is 5. The van der Waals surface area contributed by atoms with Gasteiger partial charge < -0.3 is 19.1 Å². The SMILES string of the molecule is COc1ccc(CN2C[C@@H](COc3ccc4c(c3)CCC4)C[C@@H](C(=O)N(C)C)C2)cc1OC.